The number of hydrogen-bond donors (Lipinski definition) is 0. The van der Waals surface area contributed by atoms with Gasteiger partial charge in [-0.2, -0.15) is 0 Å². The molecule has 0 aromatic carbocycles. The van der Waals surface area contributed by atoms with Gasteiger partial charge in [0.2, 0.25) is 0 Å². The van der Waals surface area contributed by atoms with Gasteiger partial charge in [0.15, 0.2) is 5.78 Å². The van der Waals surface area contributed by atoms with Crippen LogP contribution >= 0.6 is 0 Å². The minimum absolute atomic E-state index is 0.00769. The molecule has 2 aliphatic rings. The van der Waals surface area contributed by atoms with E-state index in [2.05, 4.69) is 4.98 Å². The highest BCUT2D eigenvalue weighted by Crippen LogP contribution is 2.23. The molecule has 1 aromatic rings. The molecule has 7 heteroatoms. The highest BCUT2D eigenvalue weighted by Gasteiger charge is 2.25. The van der Waals surface area contributed by atoms with Crippen LogP contribution in [-0.4, -0.2) is 53.4 Å². The second kappa shape index (κ2) is 8.84. The SMILES string of the molecule is CC(C)(C)OC(=O)ON1CC=C(c2ccc(C(=O)C3CCCCO3)cn2)CC1. The Morgan fingerprint density at radius 1 is 1.25 bits per heavy atom. The predicted octanol–water partition coefficient (Wildman–Crippen LogP) is 3.79. The van der Waals surface area contributed by atoms with Crippen molar-refractivity contribution in [3.8, 4) is 0 Å². The first-order chi connectivity index (χ1) is 13.3. The number of nitrogens with zero attached hydrogens (tertiary/aromatic N) is 2. The number of hydroxylamine groups is 2. The van der Waals surface area contributed by atoms with Gasteiger partial charge < -0.3 is 14.3 Å². The lowest BCUT2D eigenvalue weighted by atomic mass is 9.99. The Bertz CT molecular complexity index is 730. The largest absolute Gasteiger partial charge is 0.528 e. The number of aromatic nitrogens is 1. The van der Waals surface area contributed by atoms with Crippen LogP contribution in [0.4, 0.5) is 4.79 Å². The van der Waals surface area contributed by atoms with Crippen LogP contribution < -0.4 is 0 Å². The molecule has 152 valence electrons. The first-order valence-electron chi connectivity index (χ1n) is 9.79. The summed E-state index contributed by atoms with van der Waals surface area (Å²) in [5, 5.41) is 1.57. The van der Waals surface area contributed by atoms with Gasteiger partial charge in [-0.25, -0.2) is 4.79 Å². The molecule has 1 saturated heterocycles. The molecule has 2 aliphatic heterocycles. The average molecular weight is 388 g/mol. The van der Waals surface area contributed by atoms with Crippen molar-refractivity contribution in [3.05, 3.63) is 35.7 Å². The Morgan fingerprint density at radius 2 is 2.07 bits per heavy atom. The van der Waals surface area contributed by atoms with E-state index >= 15 is 0 Å². The summed E-state index contributed by atoms with van der Waals surface area (Å²) in [5.74, 6) is 0.00769. The van der Waals surface area contributed by atoms with E-state index in [1.165, 1.54) is 0 Å². The summed E-state index contributed by atoms with van der Waals surface area (Å²) in [6.07, 6.45) is 6.07. The minimum atomic E-state index is -0.699. The van der Waals surface area contributed by atoms with Gasteiger partial charge in [0.05, 0.1) is 12.2 Å². The second-order valence-electron chi connectivity index (χ2n) is 8.07. The third kappa shape index (κ3) is 5.62. The fraction of sp³-hybridized carbons (Fsp3) is 0.571. The molecule has 28 heavy (non-hydrogen) atoms. The number of ketones is 1. The van der Waals surface area contributed by atoms with Crippen molar-refractivity contribution in [1.82, 2.24) is 10.0 Å². The van der Waals surface area contributed by atoms with Crippen molar-refractivity contribution in [1.29, 1.82) is 0 Å². The molecule has 1 aromatic heterocycles. The minimum Gasteiger partial charge on any atom is -0.427 e. The molecule has 1 atom stereocenters. The summed E-state index contributed by atoms with van der Waals surface area (Å²) in [6, 6.07) is 3.68. The topological polar surface area (TPSA) is 78.0 Å². The Labute approximate surface area is 165 Å². The van der Waals surface area contributed by atoms with Gasteiger partial charge >= 0.3 is 6.16 Å². The summed E-state index contributed by atoms with van der Waals surface area (Å²) in [5.41, 5.74) is 1.90. The monoisotopic (exact) mass is 388 g/mol. The number of rotatable bonds is 4. The molecule has 1 unspecified atom stereocenters. The van der Waals surface area contributed by atoms with Gasteiger partial charge in [-0.05, 0) is 64.2 Å². The Kier molecular flexibility index (Phi) is 6.46. The lowest BCUT2D eigenvalue weighted by molar-refractivity contribution is -0.137. The van der Waals surface area contributed by atoms with Crippen LogP contribution in [0.2, 0.25) is 0 Å². The third-order valence-corrected chi connectivity index (χ3v) is 4.61. The number of carbonyl (C=O) groups excluding carboxylic acids is 2. The van der Waals surface area contributed by atoms with Crippen molar-refractivity contribution in [2.45, 2.75) is 58.2 Å². The van der Waals surface area contributed by atoms with E-state index in [0.717, 1.165) is 30.5 Å². The summed E-state index contributed by atoms with van der Waals surface area (Å²) < 4.78 is 10.7. The fourth-order valence-electron chi connectivity index (χ4n) is 3.20. The summed E-state index contributed by atoms with van der Waals surface area (Å²) in [7, 11) is 0. The van der Waals surface area contributed by atoms with Crippen LogP contribution in [0.3, 0.4) is 0 Å². The molecule has 0 saturated carbocycles. The van der Waals surface area contributed by atoms with Crippen LogP contribution in [0.1, 0.15) is 62.5 Å². The maximum absolute atomic E-state index is 12.5. The zero-order chi connectivity index (χ0) is 20.1. The molecule has 0 amide bonds. The van der Waals surface area contributed by atoms with E-state index in [1.807, 2.05) is 18.2 Å². The number of carbonyl (C=O) groups is 2. The standard InChI is InChI=1S/C21H28N2O5/c1-21(2,3)27-20(25)28-23-11-9-15(10-12-23)17-8-7-16(14-22-17)19(24)18-6-4-5-13-26-18/h7-9,14,18H,4-6,10-13H2,1-3H3. The van der Waals surface area contributed by atoms with E-state index < -0.39 is 11.8 Å². The summed E-state index contributed by atoms with van der Waals surface area (Å²) in [6.45, 7) is 7.06. The van der Waals surface area contributed by atoms with Crippen molar-refractivity contribution >= 4 is 17.5 Å². The van der Waals surface area contributed by atoms with Gasteiger partial charge in [0, 0.05) is 24.9 Å². The maximum atomic E-state index is 12.5. The van der Waals surface area contributed by atoms with Gasteiger partial charge in [-0.15, -0.1) is 5.06 Å². The molecule has 7 nitrogen and oxygen atoms in total. The first kappa shape index (κ1) is 20.5. The van der Waals surface area contributed by atoms with E-state index in [4.69, 9.17) is 14.3 Å². The molecule has 0 N–H and O–H groups in total. The Hall–Kier alpha value is -2.25. The van der Waals surface area contributed by atoms with Gasteiger partial charge in [-0.1, -0.05) is 6.08 Å². The molecule has 0 bridgehead atoms. The number of ether oxygens (including phenoxy) is 2. The normalized spacial score (nSPS) is 21.0. The van der Waals surface area contributed by atoms with Crippen LogP contribution in [-0.2, 0) is 14.3 Å². The highest BCUT2D eigenvalue weighted by atomic mass is 16.8. The Balaban J connectivity index is 1.55. The van der Waals surface area contributed by atoms with Crippen molar-refractivity contribution < 1.29 is 23.9 Å². The van der Waals surface area contributed by atoms with E-state index in [1.54, 1.807) is 32.0 Å². The molecule has 3 rings (SSSR count). The molecule has 0 spiro atoms. The van der Waals surface area contributed by atoms with Crippen LogP contribution in [0.15, 0.2) is 24.4 Å². The van der Waals surface area contributed by atoms with Crippen LogP contribution in [0, 0.1) is 0 Å². The van der Waals surface area contributed by atoms with Gasteiger partial charge in [0.25, 0.3) is 0 Å². The molecule has 0 radical (unpaired) electrons. The van der Waals surface area contributed by atoms with Crippen LogP contribution in [0.25, 0.3) is 5.57 Å². The summed E-state index contributed by atoms with van der Waals surface area (Å²) >= 11 is 0. The van der Waals surface area contributed by atoms with Gasteiger partial charge in [0.1, 0.15) is 11.7 Å². The smallest absolute Gasteiger partial charge is 0.427 e. The second-order valence-corrected chi connectivity index (χ2v) is 8.07. The number of pyridine rings is 1. The Morgan fingerprint density at radius 3 is 2.64 bits per heavy atom. The zero-order valence-corrected chi connectivity index (χ0v) is 16.8. The van der Waals surface area contributed by atoms with E-state index in [0.29, 0.717) is 31.7 Å². The zero-order valence-electron chi connectivity index (χ0n) is 16.8. The lowest BCUT2D eigenvalue weighted by Crippen LogP contribution is -2.34. The molecular formula is C21H28N2O5. The van der Waals surface area contributed by atoms with E-state index in [-0.39, 0.29) is 11.9 Å². The first-order valence-corrected chi connectivity index (χ1v) is 9.79. The van der Waals surface area contributed by atoms with Crippen molar-refractivity contribution in [2.24, 2.45) is 0 Å². The third-order valence-electron chi connectivity index (χ3n) is 4.61. The maximum Gasteiger partial charge on any atom is 0.528 e. The van der Waals surface area contributed by atoms with Crippen LogP contribution in [0.5, 0.6) is 0 Å². The van der Waals surface area contributed by atoms with E-state index in [9.17, 15) is 9.59 Å². The quantitative estimate of drug-likeness (QED) is 0.573. The average Bonchev–Trinajstić information content (AvgIpc) is 2.67. The lowest BCUT2D eigenvalue weighted by Gasteiger charge is -2.26. The van der Waals surface area contributed by atoms with Crippen molar-refractivity contribution in [2.75, 3.05) is 19.7 Å². The van der Waals surface area contributed by atoms with Crippen molar-refractivity contribution in [3.63, 3.8) is 0 Å². The molecule has 1 fully saturated rings. The fourth-order valence-corrected chi connectivity index (χ4v) is 3.20. The number of Topliss-reactive ketones (excluding diaryl/α,β-unsaturated/α-hetero) is 1. The molecular weight excluding hydrogens is 360 g/mol. The molecule has 3 heterocycles. The highest BCUT2D eigenvalue weighted by molar-refractivity contribution is 5.99. The molecule has 0 aliphatic carbocycles. The van der Waals surface area contributed by atoms with Gasteiger partial charge in [-0.3, -0.25) is 9.78 Å². The summed E-state index contributed by atoms with van der Waals surface area (Å²) in [4.78, 5) is 33.9. The predicted molar refractivity (Wildman–Crippen MR) is 104 cm³/mol. The number of hydrogen-bond acceptors (Lipinski definition) is 7.